The smallest absolute Gasteiger partial charge is 0.119 e. The van der Waals surface area contributed by atoms with Crippen LogP contribution >= 0.6 is 11.8 Å². The zero-order valence-electron chi connectivity index (χ0n) is 13.6. The van der Waals surface area contributed by atoms with E-state index >= 15 is 0 Å². The predicted molar refractivity (Wildman–Crippen MR) is 97.6 cm³/mol. The topological polar surface area (TPSA) is 12.5 Å². The van der Waals surface area contributed by atoms with Crippen LogP contribution < -0.4 is 9.64 Å². The number of fused-ring (bicyclic) bond motifs is 1. The minimum absolute atomic E-state index is 0.496. The van der Waals surface area contributed by atoms with E-state index in [1.54, 1.807) is 7.11 Å². The number of nitrogens with zero attached hydrogens (tertiary/aromatic N) is 1. The molecule has 4 rings (SSSR count). The van der Waals surface area contributed by atoms with Crippen molar-refractivity contribution in [2.45, 2.75) is 29.4 Å². The zero-order chi connectivity index (χ0) is 15.6. The van der Waals surface area contributed by atoms with Gasteiger partial charge in [0.2, 0.25) is 0 Å². The molecule has 1 saturated carbocycles. The molecule has 2 aliphatic rings. The van der Waals surface area contributed by atoms with Crippen molar-refractivity contribution in [2.75, 3.05) is 25.1 Å². The van der Waals surface area contributed by atoms with Crippen LogP contribution in [0, 0.1) is 5.92 Å². The molecular weight excluding hydrogens is 302 g/mol. The molecule has 1 aliphatic carbocycles. The summed E-state index contributed by atoms with van der Waals surface area (Å²) in [5.41, 5.74) is 2.80. The van der Waals surface area contributed by atoms with E-state index in [0.717, 1.165) is 18.2 Å². The van der Waals surface area contributed by atoms with Gasteiger partial charge in [-0.1, -0.05) is 24.3 Å². The number of benzene rings is 2. The average Bonchev–Trinajstić information content (AvgIpc) is 3.43. The van der Waals surface area contributed by atoms with Gasteiger partial charge >= 0.3 is 0 Å². The average molecular weight is 325 g/mol. The zero-order valence-corrected chi connectivity index (χ0v) is 14.4. The number of para-hydroxylation sites is 1. The lowest BCUT2D eigenvalue weighted by Gasteiger charge is -2.24. The van der Waals surface area contributed by atoms with Gasteiger partial charge in [-0.05, 0) is 55.0 Å². The molecule has 2 aromatic rings. The van der Waals surface area contributed by atoms with Crippen LogP contribution in [0.2, 0.25) is 0 Å². The Balaban J connectivity index is 1.62. The highest BCUT2D eigenvalue weighted by Crippen LogP contribution is 2.46. The molecule has 120 valence electrons. The molecule has 0 bridgehead atoms. The summed E-state index contributed by atoms with van der Waals surface area (Å²) in [6.07, 6.45) is 4.00. The number of anilines is 1. The second-order valence-electron chi connectivity index (χ2n) is 6.53. The highest BCUT2D eigenvalue weighted by molar-refractivity contribution is 7.99. The van der Waals surface area contributed by atoms with Gasteiger partial charge in [0, 0.05) is 23.2 Å². The fourth-order valence-electron chi connectivity index (χ4n) is 3.30. The third kappa shape index (κ3) is 3.35. The standard InChI is InChI=1S/C20H23NOS/c1-22-17-6-4-5-16(13-17)19-11-12-21(14-15-9-10-15)18-7-2-3-8-20(18)23-19/h2-8,13,15,19H,9-12,14H2,1H3/t19-/m1/s1. The Kier molecular flexibility index (Phi) is 4.21. The van der Waals surface area contributed by atoms with Crippen molar-refractivity contribution in [3.63, 3.8) is 0 Å². The van der Waals surface area contributed by atoms with Crippen LogP contribution in [-0.2, 0) is 0 Å². The number of rotatable bonds is 4. The van der Waals surface area contributed by atoms with Gasteiger partial charge in [0.1, 0.15) is 5.75 Å². The number of methoxy groups -OCH3 is 1. The second kappa shape index (κ2) is 6.48. The van der Waals surface area contributed by atoms with Crippen LogP contribution in [0.25, 0.3) is 0 Å². The summed E-state index contributed by atoms with van der Waals surface area (Å²) in [5, 5.41) is 0.496. The minimum Gasteiger partial charge on any atom is -0.497 e. The third-order valence-electron chi connectivity index (χ3n) is 4.78. The second-order valence-corrected chi connectivity index (χ2v) is 7.77. The number of hydrogen-bond donors (Lipinski definition) is 0. The van der Waals surface area contributed by atoms with Crippen molar-refractivity contribution >= 4 is 17.4 Å². The van der Waals surface area contributed by atoms with Crippen LogP contribution in [0.4, 0.5) is 5.69 Å². The Morgan fingerprint density at radius 3 is 2.78 bits per heavy atom. The van der Waals surface area contributed by atoms with Crippen LogP contribution in [0.3, 0.4) is 0 Å². The van der Waals surface area contributed by atoms with Gasteiger partial charge < -0.3 is 9.64 Å². The van der Waals surface area contributed by atoms with Gasteiger partial charge in [0.05, 0.1) is 12.8 Å². The van der Waals surface area contributed by atoms with E-state index in [1.807, 2.05) is 17.8 Å². The molecule has 1 heterocycles. The summed E-state index contributed by atoms with van der Waals surface area (Å²) in [5.74, 6) is 1.87. The van der Waals surface area contributed by atoms with Crippen molar-refractivity contribution in [2.24, 2.45) is 5.92 Å². The number of hydrogen-bond acceptors (Lipinski definition) is 3. The molecule has 2 nitrogen and oxygen atoms in total. The number of ether oxygens (including phenoxy) is 1. The van der Waals surface area contributed by atoms with E-state index in [9.17, 15) is 0 Å². The van der Waals surface area contributed by atoms with Gasteiger partial charge in [-0.25, -0.2) is 0 Å². The van der Waals surface area contributed by atoms with Gasteiger partial charge in [0.25, 0.3) is 0 Å². The van der Waals surface area contributed by atoms with Crippen LogP contribution in [0.1, 0.15) is 30.1 Å². The summed E-state index contributed by atoms with van der Waals surface area (Å²) in [6, 6.07) is 17.5. The van der Waals surface area contributed by atoms with Gasteiger partial charge in [-0.2, -0.15) is 0 Å². The SMILES string of the molecule is COc1cccc([C@H]2CCN(CC3CC3)c3ccccc3S2)c1. The molecule has 23 heavy (non-hydrogen) atoms. The van der Waals surface area contributed by atoms with E-state index in [2.05, 4.69) is 47.4 Å². The van der Waals surface area contributed by atoms with Crippen LogP contribution in [0.15, 0.2) is 53.4 Å². The van der Waals surface area contributed by atoms with E-state index < -0.39 is 0 Å². The Hall–Kier alpha value is -1.61. The maximum absolute atomic E-state index is 5.41. The fraction of sp³-hybridized carbons (Fsp3) is 0.400. The third-order valence-corrected chi connectivity index (χ3v) is 6.17. The molecule has 0 unspecified atom stereocenters. The molecule has 3 heteroatoms. The Morgan fingerprint density at radius 1 is 1.09 bits per heavy atom. The van der Waals surface area contributed by atoms with Crippen molar-refractivity contribution in [3.05, 3.63) is 54.1 Å². The van der Waals surface area contributed by atoms with E-state index in [-0.39, 0.29) is 0 Å². The van der Waals surface area contributed by atoms with Crippen LogP contribution in [-0.4, -0.2) is 20.2 Å². The minimum atomic E-state index is 0.496. The fourth-order valence-corrected chi connectivity index (χ4v) is 4.59. The normalized spacial score (nSPS) is 20.7. The molecule has 0 radical (unpaired) electrons. The molecule has 0 saturated heterocycles. The van der Waals surface area contributed by atoms with E-state index in [1.165, 1.54) is 42.0 Å². The Labute approximate surface area is 142 Å². The first-order valence-corrected chi connectivity index (χ1v) is 9.36. The summed E-state index contributed by atoms with van der Waals surface area (Å²) in [6.45, 7) is 2.37. The predicted octanol–water partition coefficient (Wildman–Crippen LogP) is 5.15. The highest BCUT2D eigenvalue weighted by Gasteiger charge is 2.28. The van der Waals surface area contributed by atoms with E-state index in [0.29, 0.717) is 5.25 Å². The maximum atomic E-state index is 5.41. The summed E-state index contributed by atoms with van der Waals surface area (Å²) < 4.78 is 5.41. The van der Waals surface area contributed by atoms with Crippen molar-refractivity contribution in [1.82, 2.24) is 0 Å². The summed E-state index contributed by atoms with van der Waals surface area (Å²) in [7, 11) is 1.74. The van der Waals surface area contributed by atoms with Gasteiger partial charge in [0.15, 0.2) is 0 Å². The lowest BCUT2D eigenvalue weighted by atomic mass is 10.1. The quantitative estimate of drug-likeness (QED) is 0.771. The van der Waals surface area contributed by atoms with Gasteiger partial charge in [-0.3, -0.25) is 0 Å². The Morgan fingerprint density at radius 2 is 1.96 bits per heavy atom. The maximum Gasteiger partial charge on any atom is 0.119 e. The first kappa shape index (κ1) is 14.9. The van der Waals surface area contributed by atoms with Crippen molar-refractivity contribution in [1.29, 1.82) is 0 Å². The monoisotopic (exact) mass is 325 g/mol. The first-order valence-electron chi connectivity index (χ1n) is 8.48. The molecule has 0 N–H and O–H groups in total. The summed E-state index contributed by atoms with van der Waals surface area (Å²) in [4.78, 5) is 4.03. The molecule has 2 aromatic carbocycles. The Bertz CT molecular complexity index is 683. The first-order chi connectivity index (χ1) is 11.3. The molecule has 0 aromatic heterocycles. The summed E-state index contributed by atoms with van der Waals surface area (Å²) >= 11 is 2.00. The lowest BCUT2D eigenvalue weighted by Crippen LogP contribution is -2.26. The van der Waals surface area contributed by atoms with Crippen molar-refractivity contribution < 1.29 is 4.74 Å². The highest BCUT2D eigenvalue weighted by atomic mass is 32.2. The lowest BCUT2D eigenvalue weighted by molar-refractivity contribution is 0.414. The molecule has 1 fully saturated rings. The van der Waals surface area contributed by atoms with E-state index in [4.69, 9.17) is 4.74 Å². The molecule has 1 atom stereocenters. The van der Waals surface area contributed by atoms with Crippen molar-refractivity contribution in [3.8, 4) is 5.75 Å². The number of thioether (sulfide) groups is 1. The largest absolute Gasteiger partial charge is 0.497 e. The van der Waals surface area contributed by atoms with Crippen LogP contribution in [0.5, 0.6) is 5.75 Å². The van der Waals surface area contributed by atoms with Gasteiger partial charge in [-0.15, -0.1) is 11.8 Å². The molecular formula is C20H23NOS. The molecule has 0 amide bonds. The molecule has 0 spiro atoms. The molecule has 1 aliphatic heterocycles.